The summed E-state index contributed by atoms with van der Waals surface area (Å²) in [5, 5.41) is 2.97. The molecule has 0 radical (unpaired) electrons. The van der Waals surface area contributed by atoms with E-state index in [4.69, 9.17) is 23.2 Å². The predicted molar refractivity (Wildman–Crippen MR) is 146 cm³/mol. The first-order valence-electron chi connectivity index (χ1n) is 11.4. The number of amides is 2. The Morgan fingerprint density at radius 1 is 0.833 bits per heavy atom. The summed E-state index contributed by atoms with van der Waals surface area (Å²) >= 11 is 13.6. The lowest BCUT2D eigenvalue weighted by Crippen LogP contribution is -2.48. The van der Waals surface area contributed by atoms with Gasteiger partial charge in [0.05, 0.1) is 16.3 Å². The molecule has 3 aromatic carbocycles. The summed E-state index contributed by atoms with van der Waals surface area (Å²) in [5.41, 5.74) is 2.38. The molecule has 1 saturated heterocycles. The number of thiazole rings is 1. The summed E-state index contributed by atoms with van der Waals surface area (Å²) in [6.45, 7) is 2.68. The van der Waals surface area contributed by atoms with E-state index in [1.807, 2.05) is 18.2 Å². The number of nitrogens with zero attached hydrogens (tertiary/aromatic N) is 4. The van der Waals surface area contributed by atoms with Crippen molar-refractivity contribution in [1.29, 1.82) is 0 Å². The Kier molecular flexibility index (Phi) is 7.23. The number of benzene rings is 3. The number of aromatic nitrogens is 1. The minimum absolute atomic E-state index is 0.147. The van der Waals surface area contributed by atoms with Crippen LogP contribution in [0, 0.1) is 0 Å². The minimum Gasteiger partial charge on any atom is -0.368 e. The number of anilines is 3. The van der Waals surface area contributed by atoms with E-state index < -0.39 is 0 Å². The summed E-state index contributed by atoms with van der Waals surface area (Å²) in [7, 11) is 0. The number of hydrogen-bond donors (Lipinski definition) is 0. The Balaban J connectivity index is 1.38. The molecular weight excluding hydrogens is 515 g/mol. The van der Waals surface area contributed by atoms with Gasteiger partial charge in [-0.2, -0.15) is 0 Å². The molecular formula is C27H22Cl2N4O2S. The molecule has 2 amide bonds. The molecule has 182 valence electrons. The number of hydrogen-bond acceptors (Lipinski definition) is 5. The molecule has 0 spiro atoms. The van der Waals surface area contributed by atoms with Crippen molar-refractivity contribution < 1.29 is 9.59 Å². The van der Waals surface area contributed by atoms with Crippen molar-refractivity contribution >= 4 is 62.9 Å². The second-order valence-electron chi connectivity index (χ2n) is 8.23. The van der Waals surface area contributed by atoms with E-state index in [1.54, 1.807) is 58.8 Å². The van der Waals surface area contributed by atoms with Crippen molar-refractivity contribution in [2.75, 3.05) is 36.0 Å². The molecule has 1 aromatic heterocycles. The standard InChI is InChI=1S/C27H22Cl2N4O2S/c28-19-10-12-21(13-11-19)33(25(34)22-8-4-5-9-23(22)29)27-30-24(18-36-27)26(35)32-16-14-31(15-17-32)20-6-2-1-3-7-20/h1-13,18H,14-17H2. The third-order valence-corrected chi connectivity index (χ3v) is 7.39. The number of para-hydroxylation sites is 1. The predicted octanol–water partition coefficient (Wildman–Crippen LogP) is 6.39. The van der Waals surface area contributed by atoms with Crippen LogP contribution < -0.4 is 9.80 Å². The molecule has 2 heterocycles. The highest BCUT2D eigenvalue weighted by Gasteiger charge is 2.28. The molecule has 4 aromatic rings. The molecule has 0 aliphatic carbocycles. The Morgan fingerprint density at radius 3 is 2.19 bits per heavy atom. The van der Waals surface area contributed by atoms with Crippen LogP contribution in [0.2, 0.25) is 10.0 Å². The molecule has 1 aliphatic rings. The van der Waals surface area contributed by atoms with Crippen LogP contribution in [0.4, 0.5) is 16.5 Å². The fourth-order valence-electron chi connectivity index (χ4n) is 4.09. The molecule has 1 aliphatic heterocycles. The van der Waals surface area contributed by atoms with Crippen LogP contribution >= 0.6 is 34.5 Å². The van der Waals surface area contributed by atoms with Crippen molar-refractivity contribution in [3.8, 4) is 0 Å². The normalized spacial score (nSPS) is 13.5. The highest BCUT2D eigenvalue weighted by Crippen LogP contribution is 2.33. The SMILES string of the molecule is O=C(c1csc(N(C(=O)c2ccccc2Cl)c2ccc(Cl)cc2)n1)N1CCN(c2ccccc2)CC1. The molecule has 0 bridgehead atoms. The number of carbonyl (C=O) groups excluding carboxylic acids is 2. The maximum absolute atomic E-state index is 13.6. The Morgan fingerprint density at radius 2 is 1.50 bits per heavy atom. The summed E-state index contributed by atoms with van der Waals surface area (Å²) in [6, 6.07) is 23.9. The maximum atomic E-state index is 13.6. The number of rotatable bonds is 5. The zero-order chi connectivity index (χ0) is 25.1. The molecule has 6 nitrogen and oxygen atoms in total. The Bertz CT molecular complexity index is 1370. The molecule has 36 heavy (non-hydrogen) atoms. The number of carbonyl (C=O) groups is 2. The molecule has 0 N–H and O–H groups in total. The zero-order valence-electron chi connectivity index (χ0n) is 19.2. The highest BCUT2D eigenvalue weighted by molar-refractivity contribution is 7.14. The average Bonchev–Trinajstić information content (AvgIpc) is 3.40. The Labute approximate surface area is 223 Å². The number of piperazine rings is 1. The zero-order valence-corrected chi connectivity index (χ0v) is 21.5. The van der Waals surface area contributed by atoms with Crippen molar-refractivity contribution in [3.05, 3.63) is 106 Å². The van der Waals surface area contributed by atoms with E-state index in [1.165, 1.54) is 16.2 Å². The van der Waals surface area contributed by atoms with Crippen molar-refractivity contribution in [1.82, 2.24) is 9.88 Å². The quantitative estimate of drug-likeness (QED) is 0.296. The van der Waals surface area contributed by atoms with Gasteiger partial charge in [0.25, 0.3) is 11.8 Å². The molecule has 0 unspecified atom stereocenters. The first-order chi connectivity index (χ1) is 17.5. The first-order valence-corrected chi connectivity index (χ1v) is 13.0. The van der Waals surface area contributed by atoms with Gasteiger partial charge in [0.1, 0.15) is 5.69 Å². The van der Waals surface area contributed by atoms with Crippen molar-refractivity contribution in [3.63, 3.8) is 0 Å². The summed E-state index contributed by atoms with van der Waals surface area (Å²) < 4.78 is 0. The van der Waals surface area contributed by atoms with Crippen molar-refractivity contribution in [2.45, 2.75) is 0 Å². The smallest absolute Gasteiger partial charge is 0.273 e. The monoisotopic (exact) mass is 536 g/mol. The molecule has 0 atom stereocenters. The van der Waals surface area contributed by atoms with Gasteiger partial charge in [-0.25, -0.2) is 4.98 Å². The van der Waals surface area contributed by atoms with E-state index >= 15 is 0 Å². The largest absolute Gasteiger partial charge is 0.368 e. The molecule has 0 saturated carbocycles. The van der Waals surface area contributed by atoms with Gasteiger partial charge in [0.15, 0.2) is 5.13 Å². The van der Waals surface area contributed by atoms with Crippen LogP contribution in [0.5, 0.6) is 0 Å². The number of halogens is 2. The third kappa shape index (κ3) is 5.09. The van der Waals surface area contributed by atoms with Crippen LogP contribution in [-0.2, 0) is 0 Å². The van der Waals surface area contributed by atoms with Gasteiger partial charge in [-0.15, -0.1) is 11.3 Å². The van der Waals surface area contributed by atoms with E-state index in [2.05, 4.69) is 22.0 Å². The topological polar surface area (TPSA) is 56.8 Å². The van der Waals surface area contributed by atoms with Crippen LogP contribution in [0.1, 0.15) is 20.8 Å². The minimum atomic E-state index is -0.340. The van der Waals surface area contributed by atoms with E-state index in [0.717, 1.165) is 18.8 Å². The van der Waals surface area contributed by atoms with E-state index in [0.29, 0.717) is 45.2 Å². The van der Waals surface area contributed by atoms with Gasteiger partial charge in [0.2, 0.25) is 0 Å². The fourth-order valence-corrected chi connectivity index (χ4v) is 5.25. The lowest BCUT2D eigenvalue weighted by molar-refractivity contribution is 0.0741. The average molecular weight is 537 g/mol. The van der Waals surface area contributed by atoms with Crippen LogP contribution in [0.3, 0.4) is 0 Å². The molecule has 1 fully saturated rings. The van der Waals surface area contributed by atoms with Crippen LogP contribution in [0.25, 0.3) is 0 Å². The van der Waals surface area contributed by atoms with Gasteiger partial charge >= 0.3 is 0 Å². The summed E-state index contributed by atoms with van der Waals surface area (Å²) in [4.78, 5) is 37.0. The van der Waals surface area contributed by atoms with Crippen molar-refractivity contribution in [2.24, 2.45) is 0 Å². The fraction of sp³-hybridized carbons (Fsp3) is 0.148. The first kappa shape index (κ1) is 24.3. The Hall–Kier alpha value is -3.39. The van der Waals surface area contributed by atoms with Gasteiger partial charge in [0, 0.05) is 42.3 Å². The third-order valence-electron chi connectivity index (χ3n) is 5.98. The molecule has 9 heteroatoms. The van der Waals surface area contributed by atoms with Crippen LogP contribution in [0.15, 0.2) is 84.2 Å². The van der Waals surface area contributed by atoms with E-state index in [9.17, 15) is 9.59 Å². The lowest BCUT2D eigenvalue weighted by Gasteiger charge is -2.35. The summed E-state index contributed by atoms with van der Waals surface area (Å²) in [6.07, 6.45) is 0. The van der Waals surface area contributed by atoms with Gasteiger partial charge in [-0.1, -0.05) is 53.5 Å². The van der Waals surface area contributed by atoms with E-state index in [-0.39, 0.29) is 11.8 Å². The van der Waals surface area contributed by atoms with Gasteiger partial charge < -0.3 is 9.80 Å². The lowest BCUT2D eigenvalue weighted by atomic mass is 10.2. The van der Waals surface area contributed by atoms with Gasteiger partial charge in [-0.05, 0) is 48.5 Å². The second kappa shape index (κ2) is 10.7. The second-order valence-corrected chi connectivity index (χ2v) is 9.91. The van der Waals surface area contributed by atoms with Crippen LogP contribution in [-0.4, -0.2) is 47.9 Å². The maximum Gasteiger partial charge on any atom is 0.273 e. The molecule has 5 rings (SSSR count). The van der Waals surface area contributed by atoms with Gasteiger partial charge in [-0.3, -0.25) is 14.5 Å². The summed E-state index contributed by atoms with van der Waals surface area (Å²) in [5.74, 6) is -0.487. The highest BCUT2D eigenvalue weighted by atomic mass is 35.5.